The van der Waals surface area contributed by atoms with Crippen LogP contribution in [0.1, 0.15) is 18.9 Å². The van der Waals surface area contributed by atoms with Gasteiger partial charge in [-0.2, -0.15) is 13.2 Å². The second-order valence-electron chi connectivity index (χ2n) is 8.32. The number of carbonyl (C=O) groups excluding carboxylic acids is 1. The van der Waals surface area contributed by atoms with Crippen molar-refractivity contribution in [2.75, 3.05) is 30.4 Å². The van der Waals surface area contributed by atoms with E-state index in [1.165, 1.54) is 11.9 Å². The highest BCUT2D eigenvalue weighted by atomic mass is 19.4. The molecule has 1 aliphatic rings. The summed E-state index contributed by atoms with van der Waals surface area (Å²) in [7, 11) is 2.79. The average molecular weight is 463 g/mol. The normalized spacial score (nSPS) is 19.0. The maximum absolute atomic E-state index is 13.1. The minimum Gasteiger partial charge on any atom is -0.355 e. The molecular weight excluding hydrogens is 439 g/mol. The number of alkyl halides is 3. The average Bonchev–Trinajstić information content (AvgIpc) is 3.23. The third-order valence-corrected chi connectivity index (χ3v) is 6.00. The predicted molar refractivity (Wildman–Crippen MR) is 117 cm³/mol. The molecule has 4 heterocycles. The van der Waals surface area contributed by atoms with Gasteiger partial charge in [0.2, 0.25) is 0 Å². The molecule has 4 rings (SSSR count). The number of nitrogens with zero attached hydrogens (tertiary/aromatic N) is 5. The van der Waals surface area contributed by atoms with Gasteiger partial charge in [0.15, 0.2) is 5.65 Å². The number of halogens is 3. The number of H-pyrrole nitrogens is 1. The summed E-state index contributed by atoms with van der Waals surface area (Å²) in [6.07, 6.45) is 0.163. The highest BCUT2D eigenvalue weighted by Gasteiger charge is 2.34. The van der Waals surface area contributed by atoms with E-state index in [1.54, 1.807) is 19.4 Å². The topological polar surface area (TPSA) is 99.2 Å². The molecule has 2 N–H and O–H groups in total. The maximum Gasteiger partial charge on any atom is 0.417 e. The zero-order valence-electron chi connectivity index (χ0n) is 18.3. The first kappa shape index (κ1) is 22.6. The summed E-state index contributed by atoms with van der Waals surface area (Å²) < 4.78 is 40.1. The van der Waals surface area contributed by atoms with Gasteiger partial charge in [-0.15, -0.1) is 0 Å². The second-order valence-corrected chi connectivity index (χ2v) is 8.32. The fraction of sp³-hybridized carbons (Fsp3) is 0.429. The summed E-state index contributed by atoms with van der Waals surface area (Å²) in [5, 5.41) is 2.36. The van der Waals surface area contributed by atoms with Gasteiger partial charge in [0, 0.05) is 45.6 Å². The molecule has 0 spiro atoms. The van der Waals surface area contributed by atoms with E-state index in [2.05, 4.69) is 25.2 Å². The predicted octanol–water partition coefficient (Wildman–Crippen LogP) is 3.05. The van der Waals surface area contributed by atoms with Crippen LogP contribution in [-0.2, 0) is 13.2 Å². The van der Waals surface area contributed by atoms with E-state index in [0.717, 1.165) is 15.9 Å². The van der Waals surface area contributed by atoms with Crippen molar-refractivity contribution in [1.82, 2.24) is 24.4 Å². The number of aromatic nitrogens is 4. The molecule has 3 aromatic rings. The Morgan fingerprint density at radius 3 is 2.82 bits per heavy atom. The highest BCUT2D eigenvalue weighted by molar-refractivity contribution is 5.89. The van der Waals surface area contributed by atoms with Gasteiger partial charge >= 0.3 is 12.2 Å². The van der Waals surface area contributed by atoms with Gasteiger partial charge in [0.25, 0.3) is 5.56 Å². The Bertz CT molecular complexity index is 1240. The maximum atomic E-state index is 13.1. The minimum atomic E-state index is -4.63. The smallest absolute Gasteiger partial charge is 0.355 e. The van der Waals surface area contributed by atoms with Crippen LogP contribution in [0.2, 0.25) is 0 Å². The molecule has 176 valence electrons. The highest BCUT2D eigenvalue weighted by Crippen LogP contribution is 2.30. The lowest BCUT2D eigenvalue weighted by Gasteiger charge is -2.41. The van der Waals surface area contributed by atoms with Gasteiger partial charge < -0.3 is 24.7 Å². The number of anilines is 2. The Kier molecular flexibility index (Phi) is 5.76. The molecule has 1 saturated heterocycles. The van der Waals surface area contributed by atoms with E-state index in [1.807, 2.05) is 13.0 Å². The summed E-state index contributed by atoms with van der Waals surface area (Å²) in [6, 6.07) is 1.71. The van der Waals surface area contributed by atoms with Gasteiger partial charge in [0.1, 0.15) is 17.0 Å². The van der Waals surface area contributed by atoms with E-state index in [9.17, 15) is 22.8 Å². The monoisotopic (exact) mass is 463 g/mol. The van der Waals surface area contributed by atoms with Gasteiger partial charge in [0.05, 0.1) is 11.8 Å². The zero-order chi connectivity index (χ0) is 23.9. The fourth-order valence-electron chi connectivity index (χ4n) is 4.20. The SMILES string of the molecule is C[C@@H]1CN(c2cnc3[nH]ccc3n2)CC[C@@H]1N(C)C(=O)Nc1cc(C(F)(F)F)cn(C)c1=O. The van der Waals surface area contributed by atoms with Crippen molar-refractivity contribution >= 4 is 28.7 Å². The van der Waals surface area contributed by atoms with Crippen LogP contribution in [0.4, 0.5) is 29.5 Å². The molecule has 1 fully saturated rings. The summed E-state index contributed by atoms with van der Waals surface area (Å²) in [6.45, 7) is 3.24. The molecule has 1 aliphatic heterocycles. The van der Waals surface area contributed by atoms with Crippen molar-refractivity contribution in [3.63, 3.8) is 0 Å². The molecule has 33 heavy (non-hydrogen) atoms. The Balaban J connectivity index is 1.45. The van der Waals surface area contributed by atoms with Crippen molar-refractivity contribution in [2.45, 2.75) is 25.6 Å². The van der Waals surface area contributed by atoms with E-state index in [0.29, 0.717) is 37.4 Å². The van der Waals surface area contributed by atoms with Crippen molar-refractivity contribution in [2.24, 2.45) is 13.0 Å². The van der Waals surface area contributed by atoms with Crippen LogP contribution in [-0.4, -0.2) is 56.6 Å². The van der Waals surface area contributed by atoms with Crippen molar-refractivity contribution in [1.29, 1.82) is 0 Å². The van der Waals surface area contributed by atoms with E-state index >= 15 is 0 Å². The number of pyridine rings is 1. The molecule has 0 radical (unpaired) electrons. The summed E-state index contributed by atoms with van der Waals surface area (Å²) >= 11 is 0. The number of aryl methyl sites for hydroxylation is 1. The minimum absolute atomic E-state index is 0.0440. The van der Waals surface area contributed by atoms with Crippen LogP contribution in [0, 0.1) is 5.92 Å². The standard InChI is InChI=1S/C21H24F3N7O2/c1-12-10-31(17-9-26-18-14(27-17)4-6-25-18)7-5-16(12)30(3)20(33)28-15-8-13(21(22,23)24)11-29(2)19(15)32/h4,6,8-9,11-12,16H,5,7,10H2,1-3H3,(H,25,26)(H,28,33)/t12-,16+/m1/s1. The lowest BCUT2D eigenvalue weighted by Crippen LogP contribution is -2.52. The largest absolute Gasteiger partial charge is 0.417 e. The van der Waals surface area contributed by atoms with Gasteiger partial charge in [-0.3, -0.25) is 4.79 Å². The zero-order valence-corrected chi connectivity index (χ0v) is 18.3. The fourth-order valence-corrected chi connectivity index (χ4v) is 4.20. The molecule has 2 amide bonds. The third kappa shape index (κ3) is 4.50. The molecule has 0 saturated carbocycles. The number of piperidine rings is 1. The first-order valence-electron chi connectivity index (χ1n) is 10.4. The number of amides is 2. The number of aromatic amines is 1. The van der Waals surface area contributed by atoms with Crippen LogP contribution in [0.5, 0.6) is 0 Å². The first-order chi connectivity index (χ1) is 15.5. The number of fused-ring (bicyclic) bond motifs is 1. The summed E-state index contributed by atoms with van der Waals surface area (Å²) in [5.74, 6) is 0.787. The van der Waals surface area contributed by atoms with Crippen LogP contribution < -0.4 is 15.8 Å². The number of hydrogen-bond donors (Lipinski definition) is 2. The van der Waals surface area contributed by atoms with Gasteiger partial charge in [-0.1, -0.05) is 6.92 Å². The molecule has 0 aromatic carbocycles. The quantitative estimate of drug-likeness (QED) is 0.622. The summed E-state index contributed by atoms with van der Waals surface area (Å²) in [5.41, 5.74) is -0.666. The molecule has 12 heteroatoms. The number of rotatable bonds is 3. The van der Waals surface area contributed by atoms with Crippen molar-refractivity contribution < 1.29 is 18.0 Å². The van der Waals surface area contributed by atoms with E-state index in [4.69, 9.17) is 0 Å². The lowest BCUT2D eigenvalue weighted by atomic mass is 9.93. The van der Waals surface area contributed by atoms with Crippen LogP contribution >= 0.6 is 0 Å². The molecule has 0 unspecified atom stereocenters. The van der Waals surface area contributed by atoms with Crippen molar-refractivity contribution in [3.8, 4) is 0 Å². The molecule has 9 nitrogen and oxygen atoms in total. The Hall–Kier alpha value is -3.57. The van der Waals surface area contributed by atoms with Crippen LogP contribution in [0.3, 0.4) is 0 Å². The third-order valence-electron chi connectivity index (χ3n) is 6.00. The number of carbonyl (C=O) groups is 1. The van der Waals surface area contributed by atoms with Gasteiger partial charge in [-0.25, -0.2) is 14.8 Å². The first-order valence-corrected chi connectivity index (χ1v) is 10.4. The number of hydrogen-bond acceptors (Lipinski definition) is 5. The molecule has 0 aliphatic carbocycles. The lowest BCUT2D eigenvalue weighted by molar-refractivity contribution is -0.138. The van der Waals surface area contributed by atoms with Gasteiger partial charge in [-0.05, 0) is 24.5 Å². The Morgan fingerprint density at radius 2 is 2.12 bits per heavy atom. The summed E-state index contributed by atoms with van der Waals surface area (Å²) in [4.78, 5) is 40.6. The van der Waals surface area contributed by atoms with E-state index < -0.39 is 29.0 Å². The van der Waals surface area contributed by atoms with Crippen LogP contribution in [0.25, 0.3) is 11.2 Å². The number of nitrogens with one attached hydrogen (secondary N) is 2. The van der Waals surface area contributed by atoms with Crippen molar-refractivity contribution in [3.05, 3.63) is 46.6 Å². The molecular formula is C21H24F3N7O2. The molecule has 2 atom stereocenters. The Labute approximate surface area is 187 Å². The van der Waals surface area contributed by atoms with Crippen LogP contribution in [0.15, 0.2) is 35.5 Å². The molecule has 0 bridgehead atoms. The molecule has 3 aromatic heterocycles. The Morgan fingerprint density at radius 1 is 1.36 bits per heavy atom. The van der Waals surface area contributed by atoms with E-state index in [-0.39, 0.29) is 12.0 Å². The number of urea groups is 1. The second kappa shape index (κ2) is 8.41.